The summed E-state index contributed by atoms with van der Waals surface area (Å²) in [6, 6.07) is 3.71. The molecule has 2 atom stereocenters. The molecular formula is C22H23F3N6O3. The number of carbonyl (C=O) groups excluding carboxylic acids is 2. The number of hydrogen-bond donors (Lipinski definition) is 1. The number of ether oxygens (including phenoxy) is 1. The third-order valence-corrected chi connectivity index (χ3v) is 5.92. The van der Waals surface area contributed by atoms with E-state index in [0.717, 1.165) is 10.7 Å². The molecule has 0 spiro atoms. The highest BCUT2D eigenvalue weighted by Crippen LogP contribution is 2.29. The summed E-state index contributed by atoms with van der Waals surface area (Å²) in [5.41, 5.74) is 0.204. The molecule has 1 N–H and O–H groups in total. The Bertz CT molecular complexity index is 1240. The van der Waals surface area contributed by atoms with Crippen LogP contribution in [0.1, 0.15) is 39.9 Å². The average molecular weight is 476 g/mol. The lowest BCUT2D eigenvalue weighted by Gasteiger charge is -2.37. The highest BCUT2D eigenvalue weighted by atomic mass is 19.4. The number of likely N-dealkylation sites (tertiary alicyclic amines) is 1. The predicted molar refractivity (Wildman–Crippen MR) is 115 cm³/mol. The number of methoxy groups -OCH3 is 1. The first kappa shape index (κ1) is 23.5. The second-order valence-corrected chi connectivity index (χ2v) is 8.24. The molecule has 3 aromatic rings. The van der Waals surface area contributed by atoms with Gasteiger partial charge in [0, 0.05) is 50.2 Å². The largest absolute Gasteiger partial charge is 0.494 e. The van der Waals surface area contributed by atoms with Crippen LogP contribution in [-0.4, -0.2) is 62.7 Å². The van der Waals surface area contributed by atoms with E-state index < -0.39 is 17.8 Å². The van der Waals surface area contributed by atoms with Gasteiger partial charge in [0.1, 0.15) is 17.0 Å². The van der Waals surface area contributed by atoms with E-state index >= 15 is 0 Å². The van der Waals surface area contributed by atoms with E-state index in [0.29, 0.717) is 41.9 Å². The van der Waals surface area contributed by atoms with Gasteiger partial charge in [0.15, 0.2) is 5.69 Å². The van der Waals surface area contributed by atoms with Crippen molar-refractivity contribution in [1.29, 1.82) is 0 Å². The lowest BCUT2D eigenvalue weighted by molar-refractivity contribution is -0.141. The fourth-order valence-corrected chi connectivity index (χ4v) is 4.11. The average Bonchev–Trinajstić information content (AvgIpc) is 3.21. The molecule has 12 heteroatoms. The minimum atomic E-state index is -4.63. The number of aromatic nitrogens is 4. The van der Waals surface area contributed by atoms with Gasteiger partial charge in [0.2, 0.25) is 0 Å². The summed E-state index contributed by atoms with van der Waals surface area (Å²) >= 11 is 0. The minimum absolute atomic E-state index is 0.126. The number of fused-ring (bicyclic) bond motifs is 1. The summed E-state index contributed by atoms with van der Waals surface area (Å²) in [5, 5.41) is 6.17. The van der Waals surface area contributed by atoms with Crippen LogP contribution in [-0.2, 0) is 13.2 Å². The van der Waals surface area contributed by atoms with Crippen LogP contribution in [0.25, 0.3) is 11.0 Å². The number of amides is 2. The first-order chi connectivity index (χ1) is 16.1. The second-order valence-electron chi connectivity index (χ2n) is 8.24. The van der Waals surface area contributed by atoms with E-state index in [1.54, 1.807) is 23.2 Å². The topological polar surface area (TPSA) is 102 Å². The summed E-state index contributed by atoms with van der Waals surface area (Å²) in [6.45, 7) is 2.61. The number of rotatable bonds is 4. The molecule has 0 unspecified atom stereocenters. The maximum absolute atomic E-state index is 13.2. The molecule has 2 amide bonds. The number of carbonyl (C=O) groups is 2. The lowest BCUT2D eigenvalue weighted by atomic mass is 9.93. The van der Waals surface area contributed by atoms with Gasteiger partial charge in [-0.2, -0.15) is 18.3 Å². The highest BCUT2D eigenvalue weighted by molar-refractivity contribution is 5.99. The zero-order valence-electron chi connectivity index (χ0n) is 18.8. The molecule has 1 aliphatic rings. The quantitative estimate of drug-likeness (QED) is 0.621. The molecule has 180 valence electrons. The Morgan fingerprint density at radius 1 is 1.18 bits per heavy atom. The molecule has 0 aliphatic carbocycles. The van der Waals surface area contributed by atoms with Crippen molar-refractivity contribution < 1.29 is 27.5 Å². The van der Waals surface area contributed by atoms with E-state index in [2.05, 4.69) is 20.4 Å². The van der Waals surface area contributed by atoms with Gasteiger partial charge in [-0.1, -0.05) is 6.92 Å². The third-order valence-electron chi connectivity index (χ3n) is 5.92. The second kappa shape index (κ2) is 8.92. The molecule has 1 aliphatic heterocycles. The zero-order chi connectivity index (χ0) is 24.6. The number of halogens is 3. The van der Waals surface area contributed by atoms with E-state index in [1.807, 2.05) is 6.92 Å². The van der Waals surface area contributed by atoms with Gasteiger partial charge in [-0.25, -0.2) is 4.98 Å². The van der Waals surface area contributed by atoms with Gasteiger partial charge < -0.3 is 15.0 Å². The Balaban J connectivity index is 1.45. The zero-order valence-corrected chi connectivity index (χ0v) is 18.8. The van der Waals surface area contributed by atoms with Crippen LogP contribution in [0.3, 0.4) is 0 Å². The van der Waals surface area contributed by atoms with Crippen LogP contribution < -0.4 is 10.1 Å². The molecule has 0 bridgehead atoms. The molecule has 3 heterocycles. The number of piperidine rings is 1. The smallest absolute Gasteiger partial charge is 0.435 e. The molecule has 1 aromatic carbocycles. The predicted octanol–water partition coefficient (Wildman–Crippen LogP) is 2.67. The van der Waals surface area contributed by atoms with Crippen LogP contribution in [0.5, 0.6) is 5.75 Å². The molecule has 2 aromatic heterocycles. The summed E-state index contributed by atoms with van der Waals surface area (Å²) in [7, 11) is 2.78. The van der Waals surface area contributed by atoms with Crippen molar-refractivity contribution in [2.75, 3.05) is 20.2 Å². The molecule has 0 saturated carbocycles. The summed E-state index contributed by atoms with van der Waals surface area (Å²) < 4.78 is 45.0. The molecule has 1 saturated heterocycles. The normalized spacial score (nSPS) is 18.7. The SMILES string of the molecule is COc1cc(C(=O)N2CC[C@@H](NC(=O)c3cc(C(F)(F)F)nn3C)[C@@H](C)C2)cc2nccnc12. The minimum Gasteiger partial charge on any atom is -0.494 e. The molecule has 0 radical (unpaired) electrons. The Labute approximate surface area is 192 Å². The number of alkyl halides is 3. The maximum Gasteiger partial charge on any atom is 0.435 e. The number of benzene rings is 1. The van der Waals surface area contributed by atoms with Crippen LogP contribution in [0.15, 0.2) is 30.6 Å². The van der Waals surface area contributed by atoms with Gasteiger partial charge in [-0.3, -0.25) is 19.3 Å². The Hall–Kier alpha value is -3.70. The first-order valence-electron chi connectivity index (χ1n) is 10.6. The van der Waals surface area contributed by atoms with Gasteiger partial charge >= 0.3 is 6.18 Å². The van der Waals surface area contributed by atoms with Crippen molar-refractivity contribution in [1.82, 2.24) is 30.0 Å². The number of nitrogens with one attached hydrogen (secondary N) is 1. The van der Waals surface area contributed by atoms with E-state index in [4.69, 9.17) is 4.74 Å². The van der Waals surface area contributed by atoms with Crippen LogP contribution >= 0.6 is 0 Å². The van der Waals surface area contributed by atoms with Crippen molar-refractivity contribution in [2.24, 2.45) is 13.0 Å². The monoisotopic (exact) mass is 476 g/mol. The van der Waals surface area contributed by atoms with Crippen molar-refractivity contribution in [3.05, 3.63) is 47.5 Å². The fourth-order valence-electron chi connectivity index (χ4n) is 4.11. The van der Waals surface area contributed by atoms with E-state index in [9.17, 15) is 22.8 Å². The maximum atomic E-state index is 13.2. The fraction of sp³-hybridized carbons (Fsp3) is 0.409. The van der Waals surface area contributed by atoms with Gasteiger partial charge in [0.25, 0.3) is 11.8 Å². The van der Waals surface area contributed by atoms with Crippen molar-refractivity contribution >= 4 is 22.8 Å². The van der Waals surface area contributed by atoms with E-state index in [-0.39, 0.29) is 23.6 Å². The Kier molecular flexibility index (Phi) is 6.15. The van der Waals surface area contributed by atoms with Gasteiger partial charge in [-0.05, 0) is 24.5 Å². The van der Waals surface area contributed by atoms with Crippen molar-refractivity contribution in [2.45, 2.75) is 25.6 Å². The van der Waals surface area contributed by atoms with Crippen LogP contribution in [0, 0.1) is 5.92 Å². The number of hydrogen-bond acceptors (Lipinski definition) is 6. The highest BCUT2D eigenvalue weighted by Gasteiger charge is 2.36. The standard InChI is InChI=1S/C22H23F3N6O3/c1-12-11-31(21(33)13-8-15-19(17(9-13)34-3)27-6-5-26-15)7-4-14(12)28-20(32)16-10-18(22(23,24)25)29-30(16)2/h5-6,8-10,12,14H,4,7,11H2,1-3H3,(H,28,32)/t12-,14+/m0/s1. The number of nitrogens with zero attached hydrogens (tertiary/aromatic N) is 5. The van der Waals surface area contributed by atoms with E-state index in [1.165, 1.54) is 20.4 Å². The molecule has 1 fully saturated rings. The summed E-state index contributed by atoms with van der Waals surface area (Å²) in [6.07, 6.45) is -1.10. The van der Waals surface area contributed by atoms with Gasteiger partial charge in [0.05, 0.1) is 12.6 Å². The number of aryl methyl sites for hydroxylation is 1. The van der Waals surface area contributed by atoms with Crippen LogP contribution in [0.4, 0.5) is 13.2 Å². The summed E-state index contributed by atoms with van der Waals surface area (Å²) in [4.78, 5) is 35.9. The third kappa shape index (κ3) is 4.52. The molecule has 4 rings (SSSR count). The Morgan fingerprint density at radius 2 is 1.91 bits per heavy atom. The molecule has 34 heavy (non-hydrogen) atoms. The summed E-state index contributed by atoms with van der Waals surface area (Å²) in [5.74, 6) is -0.526. The molecule has 9 nitrogen and oxygen atoms in total. The van der Waals surface area contributed by atoms with Crippen LogP contribution in [0.2, 0.25) is 0 Å². The lowest BCUT2D eigenvalue weighted by Crippen LogP contribution is -2.51. The molecular weight excluding hydrogens is 453 g/mol. The first-order valence-corrected chi connectivity index (χ1v) is 10.6. The van der Waals surface area contributed by atoms with Crippen molar-refractivity contribution in [3.8, 4) is 5.75 Å². The van der Waals surface area contributed by atoms with Crippen molar-refractivity contribution in [3.63, 3.8) is 0 Å². The Morgan fingerprint density at radius 3 is 2.56 bits per heavy atom. The van der Waals surface area contributed by atoms with Gasteiger partial charge in [-0.15, -0.1) is 0 Å².